The van der Waals surface area contributed by atoms with E-state index in [1.807, 2.05) is 55.6 Å². The highest BCUT2D eigenvalue weighted by atomic mass is 32.2. The number of nitrogens with zero attached hydrogens (tertiary/aromatic N) is 1. The number of rotatable bonds is 8. The summed E-state index contributed by atoms with van der Waals surface area (Å²) in [5.74, 6) is 1.14. The molecule has 0 aliphatic heterocycles. The number of nitrogens with one attached hydrogen (secondary N) is 2. The number of benzene rings is 2. The quantitative estimate of drug-likeness (QED) is 0.710. The number of anilines is 1. The van der Waals surface area contributed by atoms with E-state index < -0.39 is 0 Å². The summed E-state index contributed by atoms with van der Waals surface area (Å²) in [5.41, 5.74) is 1.90. The van der Waals surface area contributed by atoms with Gasteiger partial charge in [-0.3, -0.25) is 4.79 Å². The van der Waals surface area contributed by atoms with Crippen LogP contribution in [0.25, 0.3) is 0 Å². The van der Waals surface area contributed by atoms with Crippen LogP contribution in [0.4, 0.5) is 5.69 Å². The first-order valence-corrected chi connectivity index (χ1v) is 8.93. The Hall–Kier alpha value is -2.49. The maximum atomic E-state index is 12.3. The molecular weight excluding hydrogens is 334 g/mol. The fourth-order valence-corrected chi connectivity index (χ4v) is 3.10. The second-order valence-electron chi connectivity index (χ2n) is 5.65. The van der Waals surface area contributed by atoms with Gasteiger partial charge in [0.25, 0.3) is 5.91 Å². The number of amides is 1. The molecule has 2 rings (SSSR count). The number of nitriles is 1. The van der Waals surface area contributed by atoms with Crippen molar-refractivity contribution in [3.8, 4) is 11.8 Å². The van der Waals surface area contributed by atoms with Crippen LogP contribution in [0.1, 0.15) is 5.56 Å². The van der Waals surface area contributed by atoms with E-state index in [-0.39, 0.29) is 5.91 Å². The van der Waals surface area contributed by atoms with Crippen molar-refractivity contribution in [1.29, 1.82) is 5.26 Å². The molecular formula is C19H22N3O2S+. The van der Waals surface area contributed by atoms with E-state index in [0.717, 1.165) is 33.3 Å². The van der Waals surface area contributed by atoms with Gasteiger partial charge in [0.15, 0.2) is 6.54 Å². The minimum absolute atomic E-state index is 0.0454. The van der Waals surface area contributed by atoms with Gasteiger partial charge in [0, 0.05) is 10.5 Å². The number of ether oxygens (including phenoxy) is 1. The summed E-state index contributed by atoms with van der Waals surface area (Å²) in [7, 11) is 3.63. The Bertz CT molecular complexity index is 741. The zero-order valence-electron chi connectivity index (χ0n) is 14.4. The third kappa shape index (κ3) is 6.14. The van der Waals surface area contributed by atoms with E-state index in [2.05, 4.69) is 11.4 Å². The fraction of sp³-hybridized carbons (Fsp3) is 0.263. The summed E-state index contributed by atoms with van der Waals surface area (Å²) in [6, 6.07) is 17.5. The van der Waals surface area contributed by atoms with E-state index in [1.165, 1.54) is 11.8 Å². The predicted molar refractivity (Wildman–Crippen MR) is 99.9 cm³/mol. The molecule has 5 nitrogen and oxygen atoms in total. The van der Waals surface area contributed by atoms with Gasteiger partial charge >= 0.3 is 0 Å². The first-order chi connectivity index (χ1) is 12.1. The van der Waals surface area contributed by atoms with Gasteiger partial charge in [0.1, 0.15) is 12.3 Å². The number of likely N-dealkylation sites (N-methyl/N-ethyl adjacent to an activating group) is 1. The highest BCUT2D eigenvalue weighted by Gasteiger charge is 2.13. The molecule has 0 heterocycles. The normalized spacial score (nSPS) is 11.4. The summed E-state index contributed by atoms with van der Waals surface area (Å²) in [6.45, 7) is 1.12. The predicted octanol–water partition coefficient (Wildman–Crippen LogP) is 1.96. The van der Waals surface area contributed by atoms with Gasteiger partial charge in [-0.15, -0.1) is 11.8 Å². The molecule has 1 unspecified atom stereocenters. The van der Waals surface area contributed by atoms with E-state index in [9.17, 15) is 4.79 Å². The molecule has 0 bridgehead atoms. The van der Waals surface area contributed by atoms with Gasteiger partial charge in [-0.2, -0.15) is 5.26 Å². The average molecular weight is 356 g/mol. The molecule has 0 aliphatic carbocycles. The van der Waals surface area contributed by atoms with Gasteiger partial charge < -0.3 is 15.0 Å². The summed E-state index contributed by atoms with van der Waals surface area (Å²) in [4.78, 5) is 14.3. The Labute approximate surface area is 152 Å². The van der Waals surface area contributed by atoms with Crippen molar-refractivity contribution in [1.82, 2.24) is 0 Å². The lowest BCUT2D eigenvalue weighted by Crippen LogP contribution is -3.08. The molecule has 0 saturated heterocycles. The second kappa shape index (κ2) is 9.72. The van der Waals surface area contributed by atoms with Crippen molar-refractivity contribution in [2.75, 3.05) is 31.8 Å². The van der Waals surface area contributed by atoms with Crippen LogP contribution in [0.5, 0.6) is 5.75 Å². The lowest BCUT2D eigenvalue weighted by Gasteiger charge is -2.15. The molecule has 0 fully saturated rings. The second-order valence-corrected chi connectivity index (χ2v) is 6.67. The molecule has 130 valence electrons. The Morgan fingerprint density at radius 1 is 1.24 bits per heavy atom. The third-order valence-electron chi connectivity index (χ3n) is 3.58. The van der Waals surface area contributed by atoms with Crippen LogP contribution in [-0.4, -0.2) is 32.4 Å². The molecule has 2 aromatic carbocycles. The number of quaternary nitrogens is 1. The molecule has 6 heteroatoms. The Morgan fingerprint density at radius 3 is 2.64 bits per heavy atom. The van der Waals surface area contributed by atoms with Crippen LogP contribution < -0.4 is 15.0 Å². The van der Waals surface area contributed by atoms with Crippen LogP contribution in [0.15, 0.2) is 53.4 Å². The van der Waals surface area contributed by atoms with Crippen molar-refractivity contribution in [2.24, 2.45) is 0 Å². The number of methoxy groups -OCH3 is 1. The molecule has 0 aromatic heterocycles. The summed E-state index contributed by atoms with van der Waals surface area (Å²) in [6.07, 6.45) is 0. The van der Waals surface area contributed by atoms with Gasteiger partial charge in [-0.25, -0.2) is 0 Å². The Kier molecular flexibility index (Phi) is 7.33. The average Bonchev–Trinajstić information content (AvgIpc) is 2.61. The van der Waals surface area contributed by atoms with Gasteiger partial charge in [-0.05, 0) is 36.4 Å². The summed E-state index contributed by atoms with van der Waals surface area (Å²) in [5, 5.41) is 11.7. The van der Waals surface area contributed by atoms with Crippen molar-refractivity contribution >= 4 is 23.4 Å². The minimum Gasteiger partial charge on any atom is -0.497 e. The minimum atomic E-state index is -0.0454. The van der Waals surface area contributed by atoms with Crippen LogP contribution in [0.3, 0.4) is 0 Å². The topological polar surface area (TPSA) is 66.6 Å². The van der Waals surface area contributed by atoms with Crippen molar-refractivity contribution in [3.05, 3.63) is 54.1 Å². The van der Waals surface area contributed by atoms with Crippen molar-refractivity contribution in [3.63, 3.8) is 0 Å². The molecule has 2 N–H and O–H groups in total. The molecule has 25 heavy (non-hydrogen) atoms. The van der Waals surface area contributed by atoms with Gasteiger partial charge in [0.05, 0.1) is 31.7 Å². The lowest BCUT2D eigenvalue weighted by atomic mass is 10.2. The van der Waals surface area contributed by atoms with Crippen LogP contribution in [-0.2, 0) is 11.3 Å². The van der Waals surface area contributed by atoms with Crippen molar-refractivity contribution < 1.29 is 14.4 Å². The smallest absolute Gasteiger partial charge is 0.279 e. The molecule has 0 spiro atoms. The summed E-state index contributed by atoms with van der Waals surface area (Å²) < 4.78 is 5.15. The monoisotopic (exact) mass is 356 g/mol. The number of thioether (sulfide) groups is 1. The van der Waals surface area contributed by atoms with E-state index in [0.29, 0.717) is 12.3 Å². The highest BCUT2D eigenvalue weighted by molar-refractivity contribution is 7.99. The van der Waals surface area contributed by atoms with Gasteiger partial charge in [0.2, 0.25) is 0 Å². The Morgan fingerprint density at radius 2 is 1.96 bits per heavy atom. The van der Waals surface area contributed by atoms with Crippen LogP contribution >= 0.6 is 11.8 Å². The maximum absolute atomic E-state index is 12.3. The molecule has 0 radical (unpaired) electrons. The summed E-state index contributed by atoms with van der Waals surface area (Å²) >= 11 is 1.42. The SMILES string of the molecule is COc1ccc(C[NH+](C)CC(=O)Nc2ccccc2SCC#N)cc1. The van der Waals surface area contributed by atoms with E-state index >= 15 is 0 Å². The molecule has 0 aliphatic rings. The highest BCUT2D eigenvalue weighted by Crippen LogP contribution is 2.26. The number of hydrogen-bond donors (Lipinski definition) is 2. The number of carbonyl (C=O) groups is 1. The standard InChI is InChI=1S/C19H21N3O2S/c1-22(13-15-7-9-16(24-2)10-8-15)14-19(23)21-17-5-3-4-6-18(17)25-12-11-20/h3-10H,12-14H2,1-2H3,(H,21,23)/p+1. The fourth-order valence-electron chi connectivity index (χ4n) is 2.43. The van der Waals surface area contributed by atoms with Crippen LogP contribution in [0, 0.1) is 11.3 Å². The largest absolute Gasteiger partial charge is 0.497 e. The first-order valence-electron chi connectivity index (χ1n) is 7.95. The molecule has 0 saturated carbocycles. The molecule has 1 amide bonds. The van der Waals surface area contributed by atoms with Crippen LogP contribution in [0.2, 0.25) is 0 Å². The first kappa shape index (κ1) is 18.8. The van der Waals surface area contributed by atoms with Crippen molar-refractivity contribution in [2.45, 2.75) is 11.4 Å². The molecule has 1 atom stereocenters. The number of hydrogen-bond acceptors (Lipinski definition) is 4. The van der Waals surface area contributed by atoms with Gasteiger partial charge in [-0.1, -0.05) is 12.1 Å². The Balaban J connectivity index is 1.90. The lowest BCUT2D eigenvalue weighted by molar-refractivity contribution is -0.885. The van der Waals surface area contributed by atoms with E-state index in [4.69, 9.17) is 10.00 Å². The zero-order chi connectivity index (χ0) is 18.1. The number of para-hydroxylation sites is 1. The number of carbonyl (C=O) groups excluding carboxylic acids is 1. The maximum Gasteiger partial charge on any atom is 0.279 e. The van der Waals surface area contributed by atoms with E-state index in [1.54, 1.807) is 7.11 Å². The third-order valence-corrected chi connectivity index (χ3v) is 4.52. The molecule has 2 aromatic rings. The zero-order valence-corrected chi connectivity index (χ0v) is 15.2.